The summed E-state index contributed by atoms with van der Waals surface area (Å²) in [6.45, 7) is 8.82. The van der Waals surface area contributed by atoms with Crippen molar-refractivity contribution in [2.24, 2.45) is 0 Å². The van der Waals surface area contributed by atoms with Crippen molar-refractivity contribution in [1.82, 2.24) is 9.97 Å². The van der Waals surface area contributed by atoms with Crippen molar-refractivity contribution in [3.05, 3.63) is 47.4 Å². The van der Waals surface area contributed by atoms with E-state index in [1.54, 1.807) is 20.8 Å². The molecule has 0 radical (unpaired) electrons. The molecular weight excluding hydrogens is 501 g/mol. The fourth-order valence-corrected chi connectivity index (χ4v) is 3.70. The van der Waals surface area contributed by atoms with Crippen molar-refractivity contribution in [3.8, 4) is 11.3 Å². The molecular formula is C26H34FN3O6S. The van der Waals surface area contributed by atoms with Gasteiger partial charge in [-0.25, -0.2) is 27.1 Å². The van der Waals surface area contributed by atoms with Crippen LogP contribution in [0.4, 0.5) is 10.3 Å². The van der Waals surface area contributed by atoms with E-state index in [0.717, 1.165) is 10.6 Å². The third-order valence-electron chi connectivity index (χ3n) is 5.10. The van der Waals surface area contributed by atoms with Crippen LogP contribution in [0.15, 0.2) is 30.3 Å². The number of carbonyl (C=O) groups is 2. The van der Waals surface area contributed by atoms with Gasteiger partial charge in [0.15, 0.2) is 5.78 Å². The molecule has 202 valence electrons. The molecule has 1 unspecified atom stereocenters. The third kappa shape index (κ3) is 9.01. The van der Waals surface area contributed by atoms with E-state index in [-0.39, 0.29) is 24.7 Å². The lowest BCUT2D eigenvalue weighted by Crippen LogP contribution is -2.27. The smallest absolute Gasteiger partial charge is 0.308 e. The van der Waals surface area contributed by atoms with E-state index in [2.05, 4.69) is 9.97 Å². The largest absolute Gasteiger partial charge is 0.460 e. The number of halogens is 1. The molecule has 0 bridgehead atoms. The minimum absolute atomic E-state index is 0.0678. The maximum Gasteiger partial charge on any atom is 0.308 e. The number of anilines is 1. The molecule has 0 saturated heterocycles. The van der Waals surface area contributed by atoms with Crippen molar-refractivity contribution in [3.63, 3.8) is 0 Å². The highest BCUT2D eigenvalue weighted by molar-refractivity contribution is 7.92. The van der Waals surface area contributed by atoms with Gasteiger partial charge in [-0.15, -0.1) is 0 Å². The summed E-state index contributed by atoms with van der Waals surface area (Å²) in [6, 6.07) is 5.49. The molecule has 0 aliphatic heterocycles. The molecule has 9 nitrogen and oxygen atoms in total. The minimum atomic E-state index is -3.67. The first-order chi connectivity index (χ1) is 17.0. The van der Waals surface area contributed by atoms with Crippen molar-refractivity contribution >= 4 is 33.8 Å². The highest BCUT2D eigenvalue weighted by atomic mass is 32.2. The zero-order chi connectivity index (χ0) is 28.1. The summed E-state index contributed by atoms with van der Waals surface area (Å²) in [7, 11) is -2.34. The molecule has 2 aromatic rings. The molecule has 1 N–H and O–H groups in total. The number of aliphatic hydroxyl groups excluding tert-OH is 1. The second-order valence-corrected chi connectivity index (χ2v) is 12.0. The maximum absolute atomic E-state index is 13.6. The Bertz CT molecular complexity index is 1270. The Labute approximate surface area is 217 Å². The van der Waals surface area contributed by atoms with Crippen LogP contribution in [0, 0.1) is 5.82 Å². The van der Waals surface area contributed by atoms with Crippen LogP contribution in [-0.2, 0) is 24.3 Å². The number of allylic oxidation sites excluding steroid dienone is 1. The van der Waals surface area contributed by atoms with Crippen molar-refractivity contribution in [1.29, 1.82) is 0 Å². The summed E-state index contributed by atoms with van der Waals surface area (Å²) < 4.78 is 44.0. The molecule has 0 saturated carbocycles. The summed E-state index contributed by atoms with van der Waals surface area (Å²) in [5.74, 6) is -1.78. The van der Waals surface area contributed by atoms with Gasteiger partial charge < -0.3 is 9.84 Å². The second kappa shape index (κ2) is 11.9. The number of nitrogens with zero attached hydrogens (tertiary/aromatic N) is 3. The van der Waals surface area contributed by atoms with Crippen LogP contribution < -0.4 is 4.31 Å². The number of carbonyl (C=O) groups excluding carboxylic acids is 2. The van der Waals surface area contributed by atoms with Gasteiger partial charge in [-0.2, -0.15) is 0 Å². The molecule has 0 fully saturated rings. The lowest BCUT2D eigenvalue weighted by atomic mass is 9.97. The minimum Gasteiger partial charge on any atom is -0.460 e. The van der Waals surface area contributed by atoms with Gasteiger partial charge in [-0.05, 0) is 63.1 Å². The Hall–Kier alpha value is -3.18. The Morgan fingerprint density at radius 2 is 1.73 bits per heavy atom. The van der Waals surface area contributed by atoms with Gasteiger partial charge >= 0.3 is 5.97 Å². The highest BCUT2D eigenvalue weighted by Crippen LogP contribution is 2.31. The molecule has 37 heavy (non-hydrogen) atoms. The normalized spacial score (nSPS) is 13.1. The van der Waals surface area contributed by atoms with E-state index in [9.17, 15) is 27.5 Å². The van der Waals surface area contributed by atoms with E-state index >= 15 is 0 Å². The third-order valence-corrected chi connectivity index (χ3v) is 6.26. The molecule has 11 heteroatoms. The number of benzene rings is 1. The predicted molar refractivity (Wildman–Crippen MR) is 140 cm³/mol. The predicted octanol–water partition coefficient (Wildman–Crippen LogP) is 3.87. The lowest BCUT2D eigenvalue weighted by molar-refractivity contribution is -0.157. The Morgan fingerprint density at radius 1 is 1.14 bits per heavy atom. The van der Waals surface area contributed by atoms with Gasteiger partial charge in [-0.1, -0.05) is 13.8 Å². The molecule has 1 atom stereocenters. The van der Waals surface area contributed by atoms with E-state index in [4.69, 9.17) is 4.74 Å². The summed E-state index contributed by atoms with van der Waals surface area (Å²) in [6.07, 6.45) is 1.89. The molecule has 1 heterocycles. The summed E-state index contributed by atoms with van der Waals surface area (Å²) in [5, 5.41) is 10.2. The van der Waals surface area contributed by atoms with Crippen molar-refractivity contribution < 1.29 is 32.2 Å². The standard InChI is InChI=1S/C26H34FN3O6S/c1-16(2)23-21(13-12-19(31)14-20(32)15-22(33)36-26(3,4)5)24(17-8-10-18(27)11-9-17)29-25(28-23)30(6)37(7,34)35/h8-13,16,20,32H,14-15H2,1-7H3. The van der Waals surface area contributed by atoms with Crippen LogP contribution in [-0.4, -0.2) is 60.3 Å². The van der Waals surface area contributed by atoms with E-state index in [0.29, 0.717) is 22.5 Å². The Kier molecular flexibility index (Phi) is 9.67. The number of rotatable bonds is 10. The first-order valence-electron chi connectivity index (χ1n) is 11.7. The van der Waals surface area contributed by atoms with Gasteiger partial charge in [-0.3, -0.25) is 9.59 Å². The first kappa shape index (κ1) is 30.0. The molecule has 0 spiro atoms. The van der Waals surface area contributed by atoms with E-state index < -0.39 is 39.3 Å². The van der Waals surface area contributed by atoms with Crippen molar-refractivity contribution in [2.45, 2.75) is 65.1 Å². The van der Waals surface area contributed by atoms with E-state index in [1.807, 2.05) is 13.8 Å². The number of aromatic nitrogens is 2. The van der Waals surface area contributed by atoms with E-state index in [1.165, 1.54) is 43.5 Å². The van der Waals surface area contributed by atoms with Gasteiger partial charge in [0.05, 0.1) is 30.2 Å². The summed E-state index contributed by atoms with van der Waals surface area (Å²) in [5.41, 5.74) is 1.01. The lowest BCUT2D eigenvalue weighted by Gasteiger charge is -2.20. The Morgan fingerprint density at radius 3 is 2.24 bits per heavy atom. The monoisotopic (exact) mass is 535 g/mol. The number of esters is 1. The fraction of sp³-hybridized carbons (Fsp3) is 0.462. The van der Waals surface area contributed by atoms with Crippen LogP contribution in [0.5, 0.6) is 0 Å². The number of aliphatic hydroxyl groups is 1. The van der Waals surface area contributed by atoms with Crippen molar-refractivity contribution in [2.75, 3.05) is 17.6 Å². The molecule has 1 aromatic carbocycles. The zero-order valence-electron chi connectivity index (χ0n) is 22.1. The van der Waals surface area contributed by atoms with Crippen LogP contribution in [0.3, 0.4) is 0 Å². The topological polar surface area (TPSA) is 127 Å². The number of sulfonamides is 1. The second-order valence-electron chi connectivity index (χ2n) is 10.0. The van der Waals surface area contributed by atoms with Crippen LogP contribution in [0.2, 0.25) is 0 Å². The number of ether oxygens (including phenoxy) is 1. The highest BCUT2D eigenvalue weighted by Gasteiger charge is 2.23. The average molecular weight is 536 g/mol. The quantitative estimate of drug-likeness (QED) is 0.359. The zero-order valence-corrected chi connectivity index (χ0v) is 23.0. The van der Waals surface area contributed by atoms with Crippen LogP contribution in [0.25, 0.3) is 17.3 Å². The van der Waals surface area contributed by atoms with Crippen LogP contribution in [0.1, 0.15) is 64.6 Å². The summed E-state index contributed by atoms with van der Waals surface area (Å²) >= 11 is 0. The number of hydrogen-bond acceptors (Lipinski definition) is 8. The van der Waals surface area contributed by atoms with Gasteiger partial charge in [0.2, 0.25) is 16.0 Å². The van der Waals surface area contributed by atoms with Gasteiger partial charge in [0, 0.05) is 24.6 Å². The summed E-state index contributed by atoms with van der Waals surface area (Å²) in [4.78, 5) is 33.4. The average Bonchev–Trinajstić information content (AvgIpc) is 2.75. The molecule has 1 aromatic heterocycles. The number of ketones is 1. The first-order valence-corrected chi connectivity index (χ1v) is 13.6. The molecule has 0 amide bonds. The number of hydrogen-bond donors (Lipinski definition) is 1. The molecule has 2 rings (SSSR count). The Balaban J connectivity index is 2.46. The van der Waals surface area contributed by atoms with Gasteiger partial charge in [0.25, 0.3) is 0 Å². The molecule has 0 aliphatic carbocycles. The van der Waals surface area contributed by atoms with Crippen LogP contribution >= 0.6 is 0 Å². The van der Waals surface area contributed by atoms with Gasteiger partial charge in [0.1, 0.15) is 11.4 Å². The fourth-order valence-electron chi connectivity index (χ4n) is 3.32. The SMILES string of the molecule is CC(C)c1nc(N(C)S(C)(=O)=O)nc(-c2ccc(F)cc2)c1C=CC(=O)CC(O)CC(=O)OC(C)(C)C. The maximum atomic E-state index is 13.6. The molecule has 0 aliphatic rings.